The lowest BCUT2D eigenvalue weighted by atomic mass is 10.0. The average molecular weight is 549 g/mol. The number of piperidine rings is 1. The molecule has 0 radical (unpaired) electrons. The highest BCUT2D eigenvalue weighted by Crippen LogP contribution is 2.26. The quantitative estimate of drug-likeness (QED) is 0.490. The molecule has 2 aliphatic heterocycles. The maximum atomic E-state index is 13.3. The normalized spacial score (nSPS) is 16.2. The highest BCUT2D eigenvalue weighted by atomic mass is 35.5. The summed E-state index contributed by atoms with van der Waals surface area (Å²) in [4.78, 5) is 56.3. The number of halogens is 1. The van der Waals surface area contributed by atoms with Crippen LogP contribution >= 0.6 is 11.6 Å². The van der Waals surface area contributed by atoms with E-state index in [1.807, 2.05) is 30.0 Å². The number of amides is 2. The van der Waals surface area contributed by atoms with Crippen molar-refractivity contribution in [1.29, 1.82) is 0 Å². The molecule has 0 aliphatic carbocycles. The third kappa shape index (κ3) is 5.30. The second kappa shape index (κ2) is 11.2. The molecule has 8 nitrogen and oxygen atoms in total. The van der Waals surface area contributed by atoms with Gasteiger partial charge < -0.3 is 9.80 Å². The van der Waals surface area contributed by atoms with Crippen LogP contribution in [0.2, 0.25) is 5.02 Å². The molecule has 204 valence electrons. The largest absolute Gasteiger partial charge is 0.341 e. The molecule has 0 unspecified atom stereocenters. The Labute approximate surface area is 232 Å². The van der Waals surface area contributed by atoms with Crippen molar-refractivity contribution in [3.63, 3.8) is 0 Å². The standard InChI is InChI=1S/C30H33ClN4O4/c1-3-34-29(38)25(24-9-6-10-26(31)20(24)2)18-33(30(34)39)19-28(37)32-14-12-23(13-15-32)35-16-11-21-7-4-5-8-22(21)17-27(35)36/h4-10,18,23H,3,11-17,19H2,1-2H3. The number of aromatic nitrogens is 2. The minimum Gasteiger partial charge on any atom is -0.341 e. The van der Waals surface area contributed by atoms with Gasteiger partial charge in [-0.2, -0.15) is 0 Å². The number of hydrogen-bond donors (Lipinski definition) is 0. The maximum Gasteiger partial charge on any atom is 0.331 e. The maximum absolute atomic E-state index is 13.3. The van der Waals surface area contributed by atoms with Crippen LogP contribution in [-0.2, 0) is 35.5 Å². The molecular weight excluding hydrogens is 516 g/mol. The van der Waals surface area contributed by atoms with Crippen molar-refractivity contribution in [2.24, 2.45) is 0 Å². The number of fused-ring (bicyclic) bond motifs is 1. The lowest BCUT2D eigenvalue weighted by molar-refractivity contribution is -0.136. The summed E-state index contributed by atoms with van der Waals surface area (Å²) in [6.45, 7) is 5.31. The van der Waals surface area contributed by atoms with Crippen molar-refractivity contribution in [1.82, 2.24) is 18.9 Å². The van der Waals surface area contributed by atoms with E-state index >= 15 is 0 Å². The van der Waals surface area contributed by atoms with Crippen LogP contribution in [-0.4, -0.2) is 56.4 Å². The van der Waals surface area contributed by atoms with Crippen LogP contribution in [0.25, 0.3) is 11.1 Å². The van der Waals surface area contributed by atoms with Gasteiger partial charge in [0.05, 0.1) is 12.0 Å². The van der Waals surface area contributed by atoms with E-state index in [4.69, 9.17) is 11.6 Å². The average Bonchev–Trinajstić information content (AvgIpc) is 3.10. The zero-order chi connectivity index (χ0) is 27.7. The molecule has 0 N–H and O–H groups in total. The van der Waals surface area contributed by atoms with Gasteiger partial charge in [-0.05, 0) is 61.4 Å². The molecule has 2 amide bonds. The smallest absolute Gasteiger partial charge is 0.331 e. The van der Waals surface area contributed by atoms with Gasteiger partial charge in [-0.3, -0.25) is 23.5 Å². The highest BCUT2D eigenvalue weighted by Gasteiger charge is 2.31. The molecule has 9 heteroatoms. The van der Waals surface area contributed by atoms with E-state index in [0.29, 0.717) is 55.0 Å². The van der Waals surface area contributed by atoms with Crippen LogP contribution in [0, 0.1) is 6.92 Å². The molecule has 1 fully saturated rings. The van der Waals surface area contributed by atoms with E-state index in [1.54, 1.807) is 30.0 Å². The fourth-order valence-corrected chi connectivity index (χ4v) is 5.97. The molecule has 2 aromatic carbocycles. The summed E-state index contributed by atoms with van der Waals surface area (Å²) in [5.41, 5.74) is 3.13. The lowest BCUT2D eigenvalue weighted by Gasteiger charge is -2.38. The van der Waals surface area contributed by atoms with Gasteiger partial charge in [-0.1, -0.05) is 48.0 Å². The number of nitrogens with zero attached hydrogens (tertiary/aromatic N) is 4. The van der Waals surface area contributed by atoms with Crippen LogP contribution < -0.4 is 11.2 Å². The second-order valence-corrected chi connectivity index (χ2v) is 10.7. The van der Waals surface area contributed by atoms with Crippen LogP contribution in [0.5, 0.6) is 0 Å². The third-order valence-corrected chi connectivity index (χ3v) is 8.49. The molecule has 3 heterocycles. The van der Waals surface area contributed by atoms with Crippen molar-refractivity contribution < 1.29 is 9.59 Å². The molecule has 5 rings (SSSR count). The summed E-state index contributed by atoms with van der Waals surface area (Å²) < 4.78 is 2.47. The monoisotopic (exact) mass is 548 g/mol. The number of benzene rings is 2. The molecule has 39 heavy (non-hydrogen) atoms. The molecule has 0 saturated carbocycles. The zero-order valence-electron chi connectivity index (χ0n) is 22.4. The number of carbonyl (C=O) groups is 2. The van der Waals surface area contributed by atoms with Crippen LogP contribution in [0.15, 0.2) is 58.3 Å². The summed E-state index contributed by atoms with van der Waals surface area (Å²) in [5.74, 6) is -0.0397. The van der Waals surface area contributed by atoms with E-state index in [1.165, 1.54) is 16.3 Å². The van der Waals surface area contributed by atoms with Gasteiger partial charge in [-0.15, -0.1) is 0 Å². The molecule has 2 aliphatic rings. The van der Waals surface area contributed by atoms with Crippen LogP contribution in [0.1, 0.15) is 36.5 Å². The molecule has 3 aromatic rings. The van der Waals surface area contributed by atoms with Gasteiger partial charge in [0.2, 0.25) is 11.8 Å². The summed E-state index contributed by atoms with van der Waals surface area (Å²) in [6, 6.07) is 13.5. The van der Waals surface area contributed by atoms with Crippen molar-refractivity contribution in [3.05, 3.63) is 91.2 Å². The minimum atomic E-state index is -0.510. The Kier molecular flexibility index (Phi) is 7.75. The van der Waals surface area contributed by atoms with E-state index < -0.39 is 11.2 Å². The van der Waals surface area contributed by atoms with E-state index in [0.717, 1.165) is 22.1 Å². The van der Waals surface area contributed by atoms with Gasteiger partial charge in [-0.25, -0.2) is 4.79 Å². The van der Waals surface area contributed by atoms with Gasteiger partial charge in [0.25, 0.3) is 5.56 Å². The van der Waals surface area contributed by atoms with E-state index in [-0.39, 0.29) is 30.9 Å². The lowest BCUT2D eigenvalue weighted by Crippen LogP contribution is -2.50. The zero-order valence-corrected chi connectivity index (χ0v) is 23.1. The van der Waals surface area contributed by atoms with Crippen molar-refractivity contribution in [3.8, 4) is 11.1 Å². The Morgan fingerprint density at radius 3 is 2.38 bits per heavy atom. The topological polar surface area (TPSA) is 84.6 Å². The molecule has 1 saturated heterocycles. The Morgan fingerprint density at radius 1 is 0.949 bits per heavy atom. The van der Waals surface area contributed by atoms with Gasteiger partial charge in [0.1, 0.15) is 6.54 Å². The van der Waals surface area contributed by atoms with Gasteiger partial charge in [0, 0.05) is 43.4 Å². The first-order valence-corrected chi connectivity index (χ1v) is 13.9. The second-order valence-electron chi connectivity index (χ2n) is 10.3. The first-order chi connectivity index (χ1) is 18.8. The predicted octanol–water partition coefficient (Wildman–Crippen LogP) is 3.28. The number of hydrogen-bond acceptors (Lipinski definition) is 4. The predicted molar refractivity (Wildman–Crippen MR) is 151 cm³/mol. The van der Waals surface area contributed by atoms with E-state index in [9.17, 15) is 19.2 Å². The fraction of sp³-hybridized carbons (Fsp3) is 0.400. The van der Waals surface area contributed by atoms with E-state index in [2.05, 4.69) is 6.07 Å². The SMILES string of the molecule is CCn1c(=O)c(-c2cccc(Cl)c2C)cn(CC(=O)N2CCC(N3CCc4ccccc4CC3=O)CC2)c1=O. The number of carbonyl (C=O) groups excluding carboxylic acids is 2. The third-order valence-electron chi connectivity index (χ3n) is 8.08. The van der Waals surface area contributed by atoms with Crippen molar-refractivity contribution in [2.75, 3.05) is 19.6 Å². The minimum absolute atomic E-state index is 0.0954. The first-order valence-electron chi connectivity index (χ1n) is 13.5. The summed E-state index contributed by atoms with van der Waals surface area (Å²) in [7, 11) is 0. The molecule has 1 aromatic heterocycles. The van der Waals surface area contributed by atoms with Crippen molar-refractivity contribution >= 4 is 23.4 Å². The molecule has 0 spiro atoms. The van der Waals surface area contributed by atoms with Crippen LogP contribution in [0.4, 0.5) is 0 Å². The first kappa shape index (κ1) is 26.9. The Hall–Kier alpha value is -3.65. The number of likely N-dealkylation sites (tertiary alicyclic amines) is 1. The Bertz CT molecular complexity index is 1530. The summed E-state index contributed by atoms with van der Waals surface area (Å²) in [5, 5.41) is 0.526. The Morgan fingerprint density at radius 2 is 1.67 bits per heavy atom. The molecular formula is C30H33ClN4O4. The van der Waals surface area contributed by atoms with Gasteiger partial charge in [0.15, 0.2) is 0 Å². The summed E-state index contributed by atoms with van der Waals surface area (Å²) >= 11 is 6.29. The summed E-state index contributed by atoms with van der Waals surface area (Å²) in [6.07, 6.45) is 4.13. The van der Waals surface area contributed by atoms with Gasteiger partial charge >= 0.3 is 5.69 Å². The molecule has 0 atom stereocenters. The highest BCUT2D eigenvalue weighted by molar-refractivity contribution is 6.31. The Balaban J connectivity index is 1.30. The number of rotatable bonds is 5. The van der Waals surface area contributed by atoms with Crippen molar-refractivity contribution in [2.45, 2.75) is 58.7 Å². The van der Waals surface area contributed by atoms with Crippen LogP contribution in [0.3, 0.4) is 0 Å². The molecule has 0 bridgehead atoms. The fourth-order valence-electron chi connectivity index (χ4n) is 5.79.